The topological polar surface area (TPSA) is 81.0 Å². The molecule has 1 heterocycles. The molecule has 2 aromatic carbocycles. The van der Waals surface area contributed by atoms with Crippen LogP contribution in [0.4, 0.5) is 0 Å². The first-order chi connectivity index (χ1) is 15.3. The monoisotopic (exact) mass is 440 g/mol. The van der Waals surface area contributed by atoms with E-state index in [4.69, 9.17) is 9.47 Å². The van der Waals surface area contributed by atoms with Crippen molar-refractivity contribution >= 4 is 33.7 Å². The Balaban J connectivity index is 2.01. The molecule has 0 atom stereocenters. The minimum absolute atomic E-state index is 0.171. The number of aryl methyl sites for hydroxylation is 2. The number of nitrogens with zero attached hydrogens (tertiary/aromatic N) is 2. The number of benzene rings is 2. The number of esters is 1. The van der Waals surface area contributed by atoms with Crippen LogP contribution in [0.1, 0.15) is 42.1 Å². The van der Waals surface area contributed by atoms with Gasteiger partial charge < -0.3 is 24.0 Å². The van der Waals surface area contributed by atoms with E-state index in [0.29, 0.717) is 17.7 Å². The van der Waals surface area contributed by atoms with E-state index >= 15 is 0 Å². The standard InChI is InChI=1S/C25H32N2O5/c1-5-13-32-22(28)11-14-31-18-15-17(8-7-12-26(2)3)24-20(16-18)23-19(25(29)30)9-6-10-21(23)27(24)4/h6,9-10,15-16H,5,7-8,11-14H2,1-4H3,(H,29,30). The van der Waals surface area contributed by atoms with Crippen LogP contribution in [-0.4, -0.2) is 60.4 Å². The van der Waals surface area contributed by atoms with Crippen molar-refractivity contribution in [1.29, 1.82) is 0 Å². The highest BCUT2D eigenvalue weighted by molar-refractivity contribution is 6.17. The molecular weight excluding hydrogens is 408 g/mol. The number of aromatic carboxylic acids is 1. The molecular formula is C25H32N2O5. The molecule has 32 heavy (non-hydrogen) atoms. The molecule has 0 amide bonds. The van der Waals surface area contributed by atoms with Gasteiger partial charge in [-0.2, -0.15) is 0 Å². The van der Waals surface area contributed by atoms with Gasteiger partial charge in [0.1, 0.15) is 5.75 Å². The molecule has 3 aromatic rings. The highest BCUT2D eigenvalue weighted by atomic mass is 16.5. The van der Waals surface area contributed by atoms with Crippen LogP contribution in [-0.2, 0) is 23.0 Å². The van der Waals surface area contributed by atoms with Crippen molar-refractivity contribution in [3.63, 3.8) is 0 Å². The lowest BCUT2D eigenvalue weighted by atomic mass is 10.0. The highest BCUT2D eigenvalue weighted by Crippen LogP contribution is 2.36. The maximum Gasteiger partial charge on any atom is 0.336 e. The molecule has 1 aromatic heterocycles. The number of hydrogen-bond acceptors (Lipinski definition) is 5. The Morgan fingerprint density at radius 3 is 2.62 bits per heavy atom. The first-order valence-electron chi connectivity index (χ1n) is 11.0. The lowest BCUT2D eigenvalue weighted by Gasteiger charge is -2.13. The predicted octanol–water partition coefficient (Wildman–Crippen LogP) is 4.25. The Hall–Kier alpha value is -3.06. The number of carboxylic acid groups (broad SMARTS) is 1. The minimum Gasteiger partial charge on any atom is -0.493 e. The van der Waals surface area contributed by atoms with Crippen LogP contribution in [0.3, 0.4) is 0 Å². The summed E-state index contributed by atoms with van der Waals surface area (Å²) in [4.78, 5) is 25.9. The first kappa shape index (κ1) is 23.6. The van der Waals surface area contributed by atoms with Crippen LogP contribution in [0.5, 0.6) is 5.75 Å². The van der Waals surface area contributed by atoms with Crippen molar-refractivity contribution in [3.05, 3.63) is 41.5 Å². The van der Waals surface area contributed by atoms with E-state index in [0.717, 1.165) is 47.8 Å². The molecule has 1 N–H and O–H groups in total. The zero-order valence-electron chi connectivity index (χ0n) is 19.3. The Labute approximate surface area is 188 Å². The van der Waals surface area contributed by atoms with Crippen LogP contribution in [0.15, 0.2) is 30.3 Å². The van der Waals surface area contributed by atoms with Crippen molar-refractivity contribution in [2.24, 2.45) is 7.05 Å². The number of aromatic nitrogens is 1. The van der Waals surface area contributed by atoms with Crippen molar-refractivity contribution in [3.8, 4) is 5.75 Å². The zero-order valence-corrected chi connectivity index (χ0v) is 19.3. The molecule has 0 aliphatic heterocycles. The van der Waals surface area contributed by atoms with Gasteiger partial charge in [0.25, 0.3) is 0 Å². The summed E-state index contributed by atoms with van der Waals surface area (Å²) < 4.78 is 13.1. The number of rotatable bonds is 11. The van der Waals surface area contributed by atoms with Crippen molar-refractivity contribution in [2.45, 2.75) is 32.6 Å². The number of carboxylic acids is 1. The van der Waals surface area contributed by atoms with Crippen LogP contribution >= 0.6 is 0 Å². The van der Waals surface area contributed by atoms with Crippen LogP contribution < -0.4 is 4.74 Å². The van der Waals surface area contributed by atoms with E-state index in [-0.39, 0.29) is 24.6 Å². The summed E-state index contributed by atoms with van der Waals surface area (Å²) in [5.41, 5.74) is 3.26. The molecule has 0 aliphatic rings. The maximum absolute atomic E-state index is 11.9. The van der Waals surface area contributed by atoms with Gasteiger partial charge in [-0.05, 0) is 69.7 Å². The quantitative estimate of drug-likeness (QED) is 0.449. The number of ether oxygens (including phenoxy) is 2. The Morgan fingerprint density at radius 2 is 1.94 bits per heavy atom. The number of carbonyl (C=O) groups excluding carboxylic acids is 1. The third kappa shape index (κ3) is 5.22. The van der Waals surface area contributed by atoms with E-state index in [1.165, 1.54) is 0 Å². The molecule has 0 saturated carbocycles. The van der Waals surface area contributed by atoms with Gasteiger partial charge >= 0.3 is 11.9 Å². The third-order valence-electron chi connectivity index (χ3n) is 5.49. The van der Waals surface area contributed by atoms with Gasteiger partial charge in [0.05, 0.1) is 30.7 Å². The van der Waals surface area contributed by atoms with Gasteiger partial charge in [-0.15, -0.1) is 0 Å². The van der Waals surface area contributed by atoms with Crippen LogP contribution in [0.25, 0.3) is 21.8 Å². The lowest BCUT2D eigenvalue weighted by molar-refractivity contribution is -0.144. The van der Waals surface area contributed by atoms with E-state index in [1.807, 2.05) is 46.3 Å². The van der Waals surface area contributed by atoms with Gasteiger partial charge in [-0.25, -0.2) is 4.79 Å². The maximum atomic E-state index is 11.9. The average Bonchev–Trinajstić information content (AvgIpc) is 3.04. The van der Waals surface area contributed by atoms with Crippen molar-refractivity contribution < 1.29 is 24.2 Å². The van der Waals surface area contributed by atoms with Gasteiger partial charge in [0.2, 0.25) is 0 Å². The second kappa shape index (κ2) is 10.5. The fourth-order valence-corrected chi connectivity index (χ4v) is 4.05. The summed E-state index contributed by atoms with van der Waals surface area (Å²) in [6, 6.07) is 9.24. The van der Waals surface area contributed by atoms with Crippen LogP contribution in [0, 0.1) is 0 Å². The Kier molecular flexibility index (Phi) is 7.75. The summed E-state index contributed by atoms with van der Waals surface area (Å²) in [5.74, 6) is -0.604. The van der Waals surface area contributed by atoms with E-state index < -0.39 is 5.97 Å². The molecule has 0 spiro atoms. The van der Waals surface area contributed by atoms with Crippen molar-refractivity contribution in [1.82, 2.24) is 9.47 Å². The molecule has 0 saturated heterocycles. The molecule has 0 radical (unpaired) electrons. The summed E-state index contributed by atoms with van der Waals surface area (Å²) >= 11 is 0. The van der Waals surface area contributed by atoms with Gasteiger partial charge in [0, 0.05) is 23.3 Å². The first-order valence-corrected chi connectivity index (χ1v) is 11.0. The average molecular weight is 441 g/mol. The summed E-state index contributed by atoms with van der Waals surface area (Å²) in [6.07, 6.45) is 2.75. The van der Waals surface area contributed by atoms with E-state index in [9.17, 15) is 14.7 Å². The minimum atomic E-state index is -0.956. The van der Waals surface area contributed by atoms with E-state index in [2.05, 4.69) is 9.47 Å². The molecule has 0 bridgehead atoms. The second-order valence-corrected chi connectivity index (χ2v) is 8.27. The van der Waals surface area contributed by atoms with Crippen LogP contribution in [0.2, 0.25) is 0 Å². The summed E-state index contributed by atoms with van der Waals surface area (Å²) in [7, 11) is 6.06. The number of fused-ring (bicyclic) bond motifs is 3. The Bertz CT molecular complexity index is 1120. The van der Waals surface area contributed by atoms with Gasteiger partial charge in [0.15, 0.2) is 0 Å². The third-order valence-corrected chi connectivity index (χ3v) is 5.49. The second-order valence-electron chi connectivity index (χ2n) is 8.27. The summed E-state index contributed by atoms with van der Waals surface area (Å²) in [6.45, 7) is 3.52. The number of carbonyl (C=O) groups is 2. The molecule has 0 unspecified atom stereocenters. The van der Waals surface area contributed by atoms with Gasteiger partial charge in [-0.1, -0.05) is 13.0 Å². The molecule has 0 aliphatic carbocycles. The Morgan fingerprint density at radius 1 is 1.16 bits per heavy atom. The SMILES string of the molecule is CCCOC(=O)CCOc1cc(CCCN(C)C)c2c(c1)c1c(C(=O)O)cccc1n2C. The molecule has 7 nitrogen and oxygen atoms in total. The zero-order chi connectivity index (χ0) is 23.3. The lowest BCUT2D eigenvalue weighted by Crippen LogP contribution is -2.13. The molecule has 172 valence electrons. The fourth-order valence-electron chi connectivity index (χ4n) is 4.05. The molecule has 0 fully saturated rings. The van der Waals surface area contributed by atoms with E-state index in [1.54, 1.807) is 12.1 Å². The van der Waals surface area contributed by atoms with Gasteiger partial charge in [-0.3, -0.25) is 4.79 Å². The summed E-state index contributed by atoms with van der Waals surface area (Å²) in [5, 5.41) is 11.3. The predicted molar refractivity (Wildman–Crippen MR) is 126 cm³/mol. The smallest absolute Gasteiger partial charge is 0.336 e. The molecule has 3 rings (SSSR count). The fraction of sp³-hybridized carbons (Fsp3) is 0.440. The normalized spacial score (nSPS) is 11.4. The molecule has 7 heteroatoms. The van der Waals surface area contributed by atoms with Crippen molar-refractivity contribution in [2.75, 3.05) is 33.9 Å². The highest BCUT2D eigenvalue weighted by Gasteiger charge is 2.19. The largest absolute Gasteiger partial charge is 0.493 e. The number of hydrogen-bond donors (Lipinski definition) is 1.